The molecule has 0 unspecified atom stereocenters. The molecule has 0 heterocycles. The second-order valence-corrected chi connectivity index (χ2v) is 6.68. The van der Waals surface area contributed by atoms with Crippen molar-refractivity contribution in [2.24, 2.45) is 0 Å². The summed E-state index contributed by atoms with van der Waals surface area (Å²) in [7, 11) is 0. The molecule has 3 rings (SSSR count). The molecule has 0 radical (unpaired) electrons. The van der Waals surface area contributed by atoms with Gasteiger partial charge in [0.2, 0.25) is 0 Å². The minimum absolute atomic E-state index is 0.0591. The Balaban J connectivity index is 1.71. The van der Waals surface area contributed by atoms with Crippen LogP contribution in [0, 0.1) is 0 Å². The molecule has 0 aliphatic heterocycles. The van der Waals surface area contributed by atoms with Crippen LogP contribution in [0.25, 0.3) is 0 Å². The third-order valence-electron chi connectivity index (χ3n) is 4.05. The van der Waals surface area contributed by atoms with Crippen LogP contribution < -0.4 is 10.6 Å². The maximum absolute atomic E-state index is 12.3. The zero-order valence-corrected chi connectivity index (χ0v) is 15.5. The van der Waals surface area contributed by atoms with Crippen LogP contribution in [0.2, 0.25) is 10.0 Å². The molecule has 0 spiro atoms. The van der Waals surface area contributed by atoms with Crippen LogP contribution >= 0.6 is 23.2 Å². The predicted octanol–water partition coefficient (Wildman–Crippen LogP) is 5.95. The van der Waals surface area contributed by atoms with Gasteiger partial charge in [0.1, 0.15) is 0 Å². The van der Waals surface area contributed by atoms with E-state index in [0.717, 1.165) is 11.1 Å². The zero-order valence-electron chi connectivity index (χ0n) is 14.0. The first kappa shape index (κ1) is 18.3. The van der Waals surface area contributed by atoms with Crippen molar-refractivity contribution < 1.29 is 4.79 Å². The minimum atomic E-state index is -0.314. The van der Waals surface area contributed by atoms with Crippen LogP contribution in [0.15, 0.2) is 78.9 Å². The van der Waals surface area contributed by atoms with Crippen molar-refractivity contribution >= 4 is 34.9 Å². The molecule has 0 atom stereocenters. The van der Waals surface area contributed by atoms with E-state index < -0.39 is 0 Å². The highest BCUT2D eigenvalue weighted by Gasteiger charge is 2.15. The van der Waals surface area contributed by atoms with Crippen LogP contribution in [0.3, 0.4) is 0 Å². The number of carbonyl (C=O) groups excluding carboxylic acids is 1. The number of nitrogens with one attached hydrogen (secondary N) is 2. The van der Waals surface area contributed by atoms with Gasteiger partial charge in [0.05, 0.1) is 10.7 Å². The van der Waals surface area contributed by atoms with Gasteiger partial charge in [-0.25, -0.2) is 4.79 Å². The summed E-state index contributed by atoms with van der Waals surface area (Å²) < 4.78 is 0. The monoisotopic (exact) mass is 384 g/mol. The van der Waals surface area contributed by atoms with Crippen LogP contribution in [0.1, 0.15) is 17.0 Å². The number of rotatable bonds is 5. The van der Waals surface area contributed by atoms with E-state index in [1.165, 1.54) is 0 Å². The molecule has 2 N–H and O–H groups in total. The first-order valence-electron chi connectivity index (χ1n) is 8.23. The molecule has 3 aromatic carbocycles. The largest absolute Gasteiger partial charge is 0.337 e. The maximum Gasteiger partial charge on any atom is 0.319 e. The van der Waals surface area contributed by atoms with Crippen LogP contribution in [0.4, 0.5) is 10.5 Å². The van der Waals surface area contributed by atoms with Gasteiger partial charge >= 0.3 is 6.03 Å². The van der Waals surface area contributed by atoms with Gasteiger partial charge in [0.15, 0.2) is 0 Å². The van der Waals surface area contributed by atoms with Gasteiger partial charge in [-0.3, -0.25) is 0 Å². The maximum atomic E-state index is 12.3. The SMILES string of the molecule is O=C(NCC(c1ccccc1)c1ccccc1)Nc1ccc(Cl)cc1Cl. The molecule has 0 aliphatic rings. The summed E-state index contributed by atoms with van der Waals surface area (Å²) in [6, 6.07) is 24.8. The van der Waals surface area contributed by atoms with Gasteiger partial charge in [0, 0.05) is 17.5 Å². The van der Waals surface area contributed by atoms with Gasteiger partial charge in [-0.1, -0.05) is 83.9 Å². The van der Waals surface area contributed by atoms with Crippen molar-refractivity contribution in [3.63, 3.8) is 0 Å². The number of halogens is 2. The molecule has 0 aromatic heterocycles. The minimum Gasteiger partial charge on any atom is -0.337 e. The lowest BCUT2D eigenvalue weighted by Crippen LogP contribution is -2.32. The highest BCUT2D eigenvalue weighted by Crippen LogP contribution is 2.26. The Kier molecular flexibility index (Phi) is 6.16. The fourth-order valence-corrected chi connectivity index (χ4v) is 3.21. The lowest BCUT2D eigenvalue weighted by molar-refractivity contribution is 0.252. The van der Waals surface area contributed by atoms with Crippen LogP contribution in [0.5, 0.6) is 0 Å². The van der Waals surface area contributed by atoms with Crippen LogP contribution in [-0.2, 0) is 0 Å². The number of hydrogen-bond donors (Lipinski definition) is 2. The standard InChI is InChI=1S/C21H18Cl2N2O/c22-17-11-12-20(19(23)13-17)25-21(26)24-14-18(15-7-3-1-4-8-15)16-9-5-2-6-10-16/h1-13,18H,14H2,(H2,24,25,26). The van der Waals surface area contributed by atoms with E-state index in [-0.39, 0.29) is 11.9 Å². The van der Waals surface area contributed by atoms with E-state index in [0.29, 0.717) is 22.3 Å². The van der Waals surface area contributed by atoms with E-state index >= 15 is 0 Å². The molecule has 26 heavy (non-hydrogen) atoms. The van der Waals surface area contributed by atoms with E-state index in [1.807, 2.05) is 36.4 Å². The fourth-order valence-electron chi connectivity index (χ4n) is 2.75. The first-order valence-corrected chi connectivity index (χ1v) is 8.99. The van der Waals surface area contributed by atoms with Crippen molar-refractivity contribution in [2.45, 2.75) is 5.92 Å². The number of carbonyl (C=O) groups is 1. The van der Waals surface area contributed by atoms with Crippen molar-refractivity contribution in [2.75, 3.05) is 11.9 Å². The average Bonchev–Trinajstić information content (AvgIpc) is 2.66. The molecule has 5 heteroatoms. The molecular weight excluding hydrogens is 367 g/mol. The van der Waals surface area contributed by atoms with Crippen molar-refractivity contribution in [1.29, 1.82) is 0 Å². The number of anilines is 1. The number of benzene rings is 3. The van der Waals surface area contributed by atoms with Gasteiger partial charge in [-0.15, -0.1) is 0 Å². The molecule has 0 fully saturated rings. The Morgan fingerprint density at radius 2 is 1.42 bits per heavy atom. The lowest BCUT2D eigenvalue weighted by atomic mass is 9.91. The van der Waals surface area contributed by atoms with E-state index in [4.69, 9.17) is 23.2 Å². The van der Waals surface area contributed by atoms with Gasteiger partial charge < -0.3 is 10.6 Å². The molecule has 3 nitrogen and oxygen atoms in total. The van der Waals surface area contributed by atoms with Crippen LogP contribution in [-0.4, -0.2) is 12.6 Å². The predicted molar refractivity (Wildman–Crippen MR) is 108 cm³/mol. The number of amides is 2. The highest BCUT2D eigenvalue weighted by atomic mass is 35.5. The average molecular weight is 385 g/mol. The molecule has 2 amide bonds. The van der Waals surface area contributed by atoms with E-state index in [2.05, 4.69) is 34.9 Å². The summed E-state index contributed by atoms with van der Waals surface area (Å²) in [5.74, 6) is 0.0591. The first-order chi connectivity index (χ1) is 12.6. The quantitative estimate of drug-likeness (QED) is 0.560. The second-order valence-electron chi connectivity index (χ2n) is 5.83. The number of urea groups is 1. The number of hydrogen-bond acceptors (Lipinski definition) is 1. The van der Waals surface area contributed by atoms with Crippen molar-refractivity contribution in [3.05, 3.63) is 100 Å². The lowest BCUT2D eigenvalue weighted by Gasteiger charge is -2.19. The van der Waals surface area contributed by atoms with Crippen molar-refractivity contribution in [1.82, 2.24) is 5.32 Å². The Morgan fingerprint density at radius 1 is 0.846 bits per heavy atom. The third kappa shape index (κ3) is 4.78. The Bertz CT molecular complexity index is 830. The molecule has 0 bridgehead atoms. The summed E-state index contributed by atoms with van der Waals surface area (Å²) in [5.41, 5.74) is 2.80. The molecule has 132 valence electrons. The summed E-state index contributed by atoms with van der Waals surface area (Å²) in [6.45, 7) is 0.463. The normalized spacial score (nSPS) is 10.6. The zero-order chi connectivity index (χ0) is 18.4. The Labute approximate surface area is 163 Å². The topological polar surface area (TPSA) is 41.1 Å². The third-order valence-corrected chi connectivity index (χ3v) is 4.60. The Hall–Kier alpha value is -2.49. The van der Waals surface area contributed by atoms with Crippen molar-refractivity contribution in [3.8, 4) is 0 Å². The summed E-state index contributed by atoms with van der Waals surface area (Å²) in [6.07, 6.45) is 0. The molecule has 0 aliphatic carbocycles. The molecule has 0 saturated heterocycles. The summed E-state index contributed by atoms with van der Waals surface area (Å²) in [4.78, 5) is 12.3. The van der Waals surface area contributed by atoms with Gasteiger partial charge in [-0.2, -0.15) is 0 Å². The summed E-state index contributed by atoms with van der Waals surface area (Å²) >= 11 is 12.0. The molecule has 3 aromatic rings. The van der Waals surface area contributed by atoms with Gasteiger partial charge in [-0.05, 0) is 29.3 Å². The molecular formula is C21H18Cl2N2O. The fraction of sp³-hybridized carbons (Fsp3) is 0.0952. The van der Waals surface area contributed by atoms with E-state index in [9.17, 15) is 4.79 Å². The van der Waals surface area contributed by atoms with E-state index in [1.54, 1.807) is 18.2 Å². The Morgan fingerprint density at radius 3 is 1.96 bits per heavy atom. The molecule has 0 saturated carbocycles. The second kappa shape index (κ2) is 8.75. The van der Waals surface area contributed by atoms with Gasteiger partial charge in [0.25, 0.3) is 0 Å². The smallest absolute Gasteiger partial charge is 0.319 e. The highest BCUT2D eigenvalue weighted by molar-refractivity contribution is 6.36. The summed E-state index contributed by atoms with van der Waals surface area (Å²) in [5, 5.41) is 6.60.